The van der Waals surface area contributed by atoms with E-state index < -0.39 is 0 Å². The molecule has 0 bridgehead atoms. The van der Waals surface area contributed by atoms with Gasteiger partial charge in [0.1, 0.15) is 0 Å². The van der Waals surface area contributed by atoms with Gasteiger partial charge in [-0.05, 0) is 55.5 Å². The van der Waals surface area contributed by atoms with Gasteiger partial charge in [-0.3, -0.25) is 4.79 Å². The first kappa shape index (κ1) is 15.8. The van der Waals surface area contributed by atoms with E-state index in [1.54, 1.807) is 0 Å². The van der Waals surface area contributed by atoms with E-state index in [9.17, 15) is 4.79 Å². The van der Waals surface area contributed by atoms with Crippen molar-refractivity contribution in [2.75, 3.05) is 17.3 Å². The van der Waals surface area contributed by atoms with Crippen LogP contribution in [0.2, 0.25) is 0 Å². The minimum Gasteiger partial charge on any atom is -0.345 e. The molecule has 1 amide bonds. The summed E-state index contributed by atoms with van der Waals surface area (Å²) in [5.74, 6) is -0.0946. The van der Waals surface area contributed by atoms with Crippen LogP contribution in [0, 0.1) is 6.92 Å². The molecule has 3 aromatic rings. The second-order valence-electron chi connectivity index (χ2n) is 5.77. The maximum atomic E-state index is 12.3. The molecule has 0 radical (unpaired) electrons. The number of anilines is 3. The molecule has 24 heavy (non-hydrogen) atoms. The van der Waals surface area contributed by atoms with Crippen LogP contribution in [0.25, 0.3) is 0 Å². The average Bonchev–Trinajstić information content (AvgIpc) is 2.62. The summed E-state index contributed by atoms with van der Waals surface area (Å²) in [5.41, 5.74) is 4.71. The van der Waals surface area contributed by atoms with Crippen molar-refractivity contribution < 1.29 is 4.79 Å². The topological polar surface area (TPSA) is 32.3 Å². The molecule has 0 aliphatic heterocycles. The van der Waals surface area contributed by atoms with Gasteiger partial charge in [-0.25, -0.2) is 0 Å². The standard InChI is InChI=1S/C21H20N2O/c1-16-7-6-8-17(15-16)21(24)22-18-11-13-20(14-12-18)23(2)19-9-4-3-5-10-19/h3-15H,1-2H3,(H,22,24). The van der Waals surface area contributed by atoms with Crippen molar-refractivity contribution in [2.45, 2.75) is 6.92 Å². The minimum atomic E-state index is -0.0946. The first-order valence-corrected chi connectivity index (χ1v) is 7.90. The Hall–Kier alpha value is -3.07. The van der Waals surface area contributed by atoms with Crippen LogP contribution >= 0.6 is 0 Å². The predicted octanol–water partition coefficient (Wildman–Crippen LogP) is 5.02. The lowest BCUT2D eigenvalue weighted by Gasteiger charge is -2.19. The smallest absolute Gasteiger partial charge is 0.255 e. The number of carbonyl (C=O) groups excluding carboxylic acids is 1. The fourth-order valence-electron chi connectivity index (χ4n) is 2.56. The van der Waals surface area contributed by atoms with Gasteiger partial charge in [0.25, 0.3) is 5.91 Å². The summed E-state index contributed by atoms with van der Waals surface area (Å²) in [6.45, 7) is 1.98. The number of rotatable bonds is 4. The van der Waals surface area contributed by atoms with Crippen LogP contribution < -0.4 is 10.2 Å². The van der Waals surface area contributed by atoms with Gasteiger partial charge >= 0.3 is 0 Å². The van der Waals surface area contributed by atoms with E-state index in [-0.39, 0.29) is 5.91 Å². The van der Waals surface area contributed by atoms with Gasteiger partial charge in [0.05, 0.1) is 0 Å². The summed E-state index contributed by atoms with van der Waals surface area (Å²) < 4.78 is 0. The Balaban J connectivity index is 1.72. The lowest BCUT2D eigenvalue weighted by Crippen LogP contribution is -2.12. The molecular formula is C21H20N2O. The Morgan fingerprint density at radius 1 is 0.833 bits per heavy atom. The number of para-hydroxylation sites is 1. The van der Waals surface area contributed by atoms with Crippen molar-refractivity contribution in [3.05, 3.63) is 90.0 Å². The number of amides is 1. The number of carbonyl (C=O) groups is 1. The van der Waals surface area contributed by atoms with Crippen LogP contribution in [0.3, 0.4) is 0 Å². The van der Waals surface area contributed by atoms with Gasteiger partial charge in [-0.15, -0.1) is 0 Å². The molecule has 1 N–H and O–H groups in total. The number of benzene rings is 3. The lowest BCUT2D eigenvalue weighted by molar-refractivity contribution is 0.102. The van der Waals surface area contributed by atoms with E-state index in [0.717, 1.165) is 22.6 Å². The van der Waals surface area contributed by atoms with Gasteiger partial charge in [0.2, 0.25) is 0 Å². The summed E-state index contributed by atoms with van der Waals surface area (Å²) in [7, 11) is 2.02. The molecule has 3 nitrogen and oxygen atoms in total. The summed E-state index contributed by atoms with van der Waals surface area (Å²) in [6.07, 6.45) is 0. The van der Waals surface area contributed by atoms with Gasteiger partial charge in [0.15, 0.2) is 0 Å². The van der Waals surface area contributed by atoms with Gasteiger partial charge in [-0.1, -0.05) is 35.9 Å². The van der Waals surface area contributed by atoms with Crippen LogP contribution in [0.5, 0.6) is 0 Å². The molecule has 0 saturated heterocycles. The molecule has 0 aliphatic carbocycles. The fraction of sp³-hybridized carbons (Fsp3) is 0.0952. The molecule has 0 atom stereocenters. The average molecular weight is 316 g/mol. The first-order valence-electron chi connectivity index (χ1n) is 7.90. The van der Waals surface area contributed by atoms with E-state index in [1.165, 1.54) is 0 Å². The number of aryl methyl sites for hydroxylation is 1. The number of nitrogens with zero attached hydrogens (tertiary/aromatic N) is 1. The highest BCUT2D eigenvalue weighted by molar-refractivity contribution is 6.04. The quantitative estimate of drug-likeness (QED) is 0.733. The maximum absolute atomic E-state index is 12.3. The van der Waals surface area contributed by atoms with Crippen molar-refractivity contribution >= 4 is 23.0 Å². The SMILES string of the molecule is Cc1cccc(C(=O)Nc2ccc(N(C)c3ccccc3)cc2)c1. The molecule has 0 saturated carbocycles. The molecule has 0 aliphatic rings. The van der Waals surface area contributed by atoms with Crippen LogP contribution in [-0.4, -0.2) is 13.0 Å². The number of hydrogen-bond donors (Lipinski definition) is 1. The third kappa shape index (κ3) is 3.63. The van der Waals surface area contributed by atoms with E-state index in [2.05, 4.69) is 22.3 Å². The van der Waals surface area contributed by atoms with E-state index >= 15 is 0 Å². The monoisotopic (exact) mass is 316 g/mol. The molecule has 0 unspecified atom stereocenters. The Labute approximate surface area is 142 Å². The third-order valence-electron chi connectivity index (χ3n) is 3.94. The largest absolute Gasteiger partial charge is 0.345 e. The summed E-state index contributed by atoms with van der Waals surface area (Å²) in [6, 6.07) is 25.6. The lowest BCUT2D eigenvalue weighted by atomic mass is 10.1. The molecular weight excluding hydrogens is 296 g/mol. The maximum Gasteiger partial charge on any atom is 0.255 e. The molecule has 3 aromatic carbocycles. The van der Waals surface area contributed by atoms with Gasteiger partial charge in [0, 0.05) is 29.7 Å². The zero-order valence-electron chi connectivity index (χ0n) is 13.9. The summed E-state index contributed by atoms with van der Waals surface area (Å²) in [5, 5.41) is 2.93. The molecule has 3 rings (SSSR count). The molecule has 0 aromatic heterocycles. The van der Waals surface area contributed by atoms with Crippen LogP contribution in [-0.2, 0) is 0 Å². The Kier molecular flexibility index (Phi) is 4.62. The predicted molar refractivity (Wildman–Crippen MR) is 100 cm³/mol. The zero-order chi connectivity index (χ0) is 16.9. The van der Waals surface area contributed by atoms with Gasteiger partial charge < -0.3 is 10.2 Å². The highest BCUT2D eigenvalue weighted by Gasteiger charge is 2.07. The van der Waals surface area contributed by atoms with Crippen molar-refractivity contribution in [3.63, 3.8) is 0 Å². The first-order chi connectivity index (χ1) is 11.6. The number of hydrogen-bond acceptors (Lipinski definition) is 2. The number of nitrogens with one attached hydrogen (secondary N) is 1. The Bertz CT molecular complexity index is 826. The summed E-state index contributed by atoms with van der Waals surface area (Å²) >= 11 is 0. The second kappa shape index (κ2) is 7.01. The van der Waals surface area contributed by atoms with E-state index in [4.69, 9.17) is 0 Å². The highest BCUT2D eigenvalue weighted by Crippen LogP contribution is 2.24. The molecule has 3 heteroatoms. The molecule has 0 fully saturated rings. The Morgan fingerprint density at radius 3 is 2.17 bits per heavy atom. The van der Waals surface area contributed by atoms with Crippen LogP contribution in [0.1, 0.15) is 15.9 Å². The molecule has 120 valence electrons. The minimum absolute atomic E-state index is 0.0946. The van der Waals surface area contributed by atoms with Crippen molar-refractivity contribution in [3.8, 4) is 0 Å². The molecule has 0 spiro atoms. The van der Waals surface area contributed by atoms with Crippen LogP contribution in [0.4, 0.5) is 17.1 Å². The normalized spacial score (nSPS) is 10.2. The zero-order valence-corrected chi connectivity index (χ0v) is 13.9. The highest BCUT2D eigenvalue weighted by atomic mass is 16.1. The van der Waals surface area contributed by atoms with Gasteiger partial charge in [-0.2, -0.15) is 0 Å². The third-order valence-corrected chi connectivity index (χ3v) is 3.94. The molecule has 0 heterocycles. The van der Waals surface area contributed by atoms with Crippen molar-refractivity contribution in [2.24, 2.45) is 0 Å². The Morgan fingerprint density at radius 2 is 1.50 bits per heavy atom. The van der Waals surface area contributed by atoms with Crippen molar-refractivity contribution in [1.82, 2.24) is 0 Å². The van der Waals surface area contributed by atoms with Crippen molar-refractivity contribution in [1.29, 1.82) is 0 Å². The summed E-state index contributed by atoms with van der Waals surface area (Å²) in [4.78, 5) is 14.4. The second-order valence-corrected chi connectivity index (χ2v) is 5.77. The van der Waals surface area contributed by atoms with E-state index in [1.807, 2.05) is 80.7 Å². The fourth-order valence-corrected chi connectivity index (χ4v) is 2.56. The van der Waals surface area contributed by atoms with E-state index in [0.29, 0.717) is 5.56 Å². The van der Waals surface area contributed by atoms with Crippen LogP contribution in [0.15, 0.2) is 78.9 Å².